The summed E-state index contributed by atoms with van der Waals surface area (Å²) in [5.41, 5.74) is 1.91. The fourth-order valence-electron chi connectivity index (χ4n) is 9.65. The molecule has 230 valence electrons. The Bertz CT molecular complexity index is 903. The molecule has 4 aliphatic carbocycles. The van der Waals surface area contributed by atoms with Gasteiger partial charge in [-0.15, -0.1) is 0 Å². The lowest BCUT2D eigenvalue weighted by molar-refractivity contribution is -0.177. The molecule has 0 spiro atoms. The van der Waals surface area contributed by atoms with Crippen LogP contribution in [0.3, 0.4) is 0 Å². The average molecular weight is 565 g/mol. The van der Waals surface area contributed by atoms with E-state index in [1.807, 2.05) is 0 Å². The van der Waals surface area contributed by atoms with E-state index >= 15 is 0 Å². The fraction of sp³-hybridized carbons (Fsp3) is 0.909. The highest BCUT2D eigenvalue weighted by molar-refractivity contribution is 5.75. The third-order valence-electron chi connectivity index (χ3n) is 12.0. The summed E-state index contributed by atoms with van der Waals surface area (Å²) in [5.74, 6) is 3.56. The van der Waals surface area contributed by atoms with Crippen LogP contribution in [0, 0.1) is 46.3 Å². The van der Waals surface area contributed by atoms with Crippen LogP contribution in [-0.2, 0) is 9.53 Å². The van der Waals surface area contributed by atoms with Gasteiger partial charge in [-0.1, -0.05) is 65.5 Å². The van der Waals surface area contributed by atoms with Gasteiger partial charge in [0.05, 0.1) is 6.61 Å². The van der Waals surface area contributed by atoms with Gasteiger partial charge < -0.3 is 30.3 Å². The summed E-state index contributed by atoms with van der Waals surface area (Å²) in [5, 5.41) is 48.7. The second-order valence-electron chi connectivity index (χ2n) is 14.8. The third-order valence-corrected chi connectivity index (χ3v) is 12.0. The zero-order valence-corrected chi connectivity index (χ0v) is 25.5. The Kier molecular flexibility index (Phi) is 10.1. The minimum atomic E-state index is -1.99. The Hall–Kier alpha value is -0.990. The maximum Gasteiger partial charge on any atom is 0.338 e. The van der Waals surface area contributed by atoms with Crippen LogP contribution in [0.25, 0.3) is 0 Å². The Balaban J connectivity index is 1.38. The van der Waals surface area contributed by atoms with Crippen LogP contribution in [0.2, 0.25) is 0 Å². The number of carbonyl (C=O) groups is 1. The topological polar surface area (TPSA) is 127 Å². The number of hydrogen-bond acceptors (Lipinski definition) is 7. The molecule has 7 nitrogen and oxygen atoms in total. The molecule has 0 aromatic heterocycles. The van der Waals surface area contributed by atoms with Gasteiger partial charge >= 0.3 is 5.97 Å². The lowest BCUT2D eigenvalue weighted by atomic mass is 9.47. The normalized spacial score (nSPS) is 39.3. The van der Waals surface area contributed by atoms with Gasteiger partial charge in [0.15, 0.2) is 6.10 Å². The summed E-state index contributed by atoms with van der Waals surface area (Å²) in [6.45, 7) is 11.4. The Morgan fingerprint density at radius 2 is 1.70 bits per heavy atom. The van der Waals surface area contributed by atoms with Crippen molar-refractivity contribution in [2.75, 3.05) is 6.61 Å². The van der Waals surface area contributed by atoms with E-state index in [0.717, 1.165) is 42.4 Å². The number of aliphatic hydroxyl groups excluding tert-OH is 5. The van der Waals surface area contributed by atoms with Crippen LogP contribution >= 0.6 is 0 Å². The van der Waals surface area contributed by atoms with Gasteiger partial charge in [0.1, 0.15) is 24.4 Å². The zero-order valence-electron chi connectivity index (χ0n) is 25.5. The SMILES string of the molecule is CC(C)CCC[C@@H](C)[C@H]1CC[C@H]2[C@@H]3CC=C4C[C@@H](OC(=O)[C@H](O)[C@@H](O)[C@H](O)[C@H](O)CO)CC[C@]4(C)[C@H]3CC[C@]12C. The summed E-state index contributed by atoms with van der Waals surface area (Å²) >= 11 is 0. The summed E-state index contributed by atoms with van der Waals surface area (Å²) in [6.07, 6.45) is 7.29. The second-order valence-corrected chi connectivity index (χ2v) is 14.8. The monoisotopic (exact) mass is 564 g/mol. The molecule has 0 aromatic rings. The first-order valence-electron chi connectivity index (χ1n) is 16.1. The lowest BCUT2D eigenvalue weighted by Crippen LogP contribution is -2.52. The molecule has 3 fully saturated rings. The molecule has 0 amide bonds. The fourth-order valence-corrected chi connectivity index (χ4v) is 9.65. The molecule has 0 heterocycles. The molecule has 7 heteroatoms. The van der Waals surface area contributed by atoms with E-state index in [4.69, 9.17) is 9.84 Å². The summed E-state index contributed by atoms with van der Waals surface area (Å²) in [6, 6.07) is 0. The highest BCUT2D eigenvalue weighted by atomic mass is 16.6. The Morgan fingerprint density at radius 1 is 0.975 bits per heavy atom. The van der Waals surface area contributed by atoms with Gasteiger partial charge in [-0.3, -0.25) is 0 Å². The van der Waals surface area contributed by atoms with Gasteiger partial charge in [0.25, 0.3) is 0 Å². The van der Waals surface area contributed by atoms with E-state index in [1.165, 1.54) is 50.5 Å². The maximum absolute atomic E-state index is 12.6. The van der Waals surface area contributed by atoms with Crippen LogP contribution in [0.1, 0.15) is 105 Å². The standard InChI is InChI=1S/C33H56O7/c1-19(2)7-6-8-20(3)24-11-12-25-23-10-9-21-17-22(13-15-32(21,4)26(23)14-16-33(24,25)5)40-31(39)30(38)29(37)28(36)27(35)18-34/h9,19-20,22-30,34-38H,6-8,10-18H2,1-5H3/t20-,22+,23+,24-,25+,26+,27-,28-,29+,30-,32+,33-/m1/s1. The molecule has 5 N–H and O–H groups in total. The van der Waals surface area contributed by atoms with Gasteiger partial charge in [-0.25, -0.2) is 4.79 Å². The summed E-state index contributed by atoms with van der Waals surface area (Å²) < 4.78 is 5.60. The maximum atomic E-state index is 12.6. The van der Waals surface area contributed by atoms with Crippen molar-refractivity contribution in [1.29, 1.82) is 0 Å². The molecule has 0 aromatic carbocycles. The van der Waals surface area contributed by atoms with Crippen molar-refractivity contribution < 1.29 is 35.1 Å². The number of aliphatic hydroxyl groups is 5. The van der Waals surface area contributed by atoms with E-state index in [9.17, 15) is 25.2 Å². The predicted molar refractivity (Wildman–Crippen MR) is 154 cm³/mol. The predicted octanol–water partition coefficient (Wildman–Crippen LogP) is 4.38. The van der Waals surface area contributed by atoms with E-state index in [1.54, 1.807) is 0 Å². The van der Waals surface area contributed by atoms with Crippen LogP contribution in [-0.4, -0.2) is 68.6 Å². The number of carbonyl (C=O) groups excluding carboxylic acids is 1. The molecule has 40 heavy (non-hydrogen) atoms. The minimum Gasteiger partial charge on any atom is -0.460 e. The quantitative estimate of drug-likeness (QED) is 0.186. The van der Waals surface area contributed by atoms with Crippen molar-refractivity contribution in [2.45, 2.75) is 136 Å². The molecule has 12 atom stereocenters. The van der Waals surface area contributed by atoms with E-state index in [-0.39, 0.29) is 11.5 Å². The van der Waals surface area contributed by atoms with Crippen molar-refractivity contribution in [1.82, 2.24) is 0 Å². The number of fused-ring (bicyclic) bond motifs is 5. The number of allylic oxidation sites excluding steroid dienone is 1. The third kappa shape index (κ3) is 6.06. The first-order chi connectivity index (χ1) is 18.8. The number of ether oxygens (including phenoxy) is 1. The smallest absolute Gasteiger partial charge is 0.338 e. The molecular formula is C33H56O7. The zero-order chi connectivity index (χ0) is 29.4. The van der Waals surface area contributed by atoms with Crippen LogP contribution < -0.4 is 0 Å². The minimum absolute atomic E-state index is 0.105. The van der Waals surface area contributed by atoms with Crippen molar-refractivity contribution in [2.24, 2.45) is 46.3 Å². The molecule has 0 saturated heterocycles. The molecule has 0 unspecified atom stereocenters. The molecule has 0 aliphatic heterocycles. The summed E-state index contributed by atoms with van der Waals surface area (Å²) in [7, 11) is 0. The highest BCUT2D eigenvalue weighted by Crippen LogP contribution is 2.67. The number of hydrogen-bond donors (Lipinski definition) is 5. The van der Waals surface area contributed by atoms with Crippen molar-refractivity contribution >= 4 is 5.97 Å². The van der Waals surface area contributed by atoms with Crippen molar-refractivity contribution in [3.63, 3.8) is 0 Å². The average Bonchev–Trinajstić information content (AvgIpc) is 3.28. The molecule has 3 saturated carbocycles. The van der Waals surface area contributed by atoms with Crippen molar-refractivity contribution in [3.8, 4) is 0 Å². The molecule has 4 rings (SSSR count). The second kappa shape index (κ2) is 12.7. The van der Waals surface area contributed by atoms with Crippen LogP contribution in [0.15, 0.2) is 11.6 Å². The Morgan fingerprint density at radius 3 is 2.38 bits per heavy atom. The first-order valence-corrected chi connectivity index (χ1v) is 16.1. The van der Waals surface area contributed by atoms with E-state index in [2.05, 4.69) is 40.7 Å². The van der Waals surface area contributed by atoms with Gasteiger partial charge in [0, 0.05) is 6.42 Å². The number of esters is 1. The number of rotatable bonds is 11. The van der Waals surface area contributed by atoms with Crippen LogP contribution in [0.4, 0.5) is 0 Å². The largest absolute Gasteiger partial charge is 0.460 e. The van der Waals surface area contributed by atoms with Gasteiger partial charge in [0.2, 0.25) is 0 Å². The molecule has 0 bridgehead atoms. The Labute approximate surface area is 241 Å². The molecule has 0 radical (unpaired) electrons. The first kappa shape index (κ1) is 31.9. The molecule has 4 aliphatic rings. The molecular weight excluding hydrogens is 508 g/mol. The summed E-state index contributed by atoms with van der Waals surface area (Å²) in [4.78, 5) is 12.6. The van der Waals surface area contributed by atoms with Gasteiger partial charge in [-0.2, -0.15) is 0 Å². The van der Waals surface area contributed by atoms with Crippen molar-refractivity contribution in [3.05, 3.63) is 11.6 Å². The van der Waals surface area contributed by atoms with Crippen LogP contribution in [0.5, 0.6) is 0 Å². The van der Waals surface area contributed by atoms with E-state index < -0.39 is 37.0 Å². The lowest BCUT2D eigenvalue weighted by Gasteiger charge is -2.58. The highest BCUT2D eigenvalue weighted by Gasteiger charge is 2.59. The van der Waals surface area contributed by atoms with Gasteiger partial charge in [-0.05, 0) is 91.3 Å². The van der Waals surface area contributed by atoms with E-state index in [0.29, 0.717) is 24.2 Å².